The van der Waals surface area contributed by atoms with Crippen LogP contribution < -0.4 is 5.32 Å². The summed E-state index contributed by atoms with van der Waals surface area (Å²) in [7, 11) is 0. The molecular weight excluding hydrogens is 256 g/mol. The minimum absolute atomic E-state index is 0.0370. The van der Waals surface area contributed by atoms with Crippen LogP contribution in [0.3, 0.4) is 0 Å². The molecule has 1 amide bonds. The first-order valence-electron chi connectivity index (χ1n) is 7.47. The number of piperidine rings is 1. The fourth-order valence-electron chi connectivity index (χ4n) is 2.70. The van der Waals surface area contributed by atoms with Crippen LogP contribution in [0.15, 0.2) is 0 Å². The van der Waals surface area contributed by atoms with Gasteiger partial charge in [-0.1, -0.05) is 27.7 Å². The molecule has 0 aliphatic carbocycles. The van der Waals surface area contributed by atoms with Gasteiger partial charge in [-0.3, -0.25) is 9.59 Å². The van der Waals surface area contributed by atoms with Crippen LogP contribution in [-0.4, -0.2) is 47.6 Å². The number of nitrogens with zero attached hydrogens (tertiary/aromatic N) is 1. The first kappa shape index (κ1) is 17.0. The largest absolute Gasteiger partial charge is 0.481 e. The first-order chi connectivity index (χ1) is 9.22. The molecule has 0 spiro atoms. The van der Waals surface area contributed by atoms with Gasteiger partial charge in [0, 0.05) is 31.0 Å². The second-order valence-electron chi connectivity index (χ2n) is 6.88. The lowest BCUT2D eigenvalue weighted by molar-refractivity contribution is -0.138. The number of hydrogen-bond acceptors (Lipinski definition) is 3. The predicted octanol–water partition coefficient (Wildman–Crippen LogP) is 1.72. The van der Waals surface area contributed by atoms with E-state index in [0.717, 1.165) is 32.5 Å². The van der Waals surface area contributed by atoms with Crippen LogP contribution in [0, 0.1) is 11.3 Å². The zero-order valence-corrected chi connectivity index (χ0v) is 13.1. The Morgan fingerprint density at radius 3 is 2.45 bits per heavy atom. The van der Waals surface area contributed by atoms with Gasteiger partial charge in [0.15, 0.2) is 0 Å². The van der Waals surface area contributed by atoms with E-state index in [1.54, 1.807) is 0 Å². The average Bonchev–Trinajstić information content (AvgIpc) is 2.26. The molecule has 1 heterocycles. The van der Waals surface area contributed by atoms with Crippen LogP contribution in [0.5, 0.6) is 0 Å². The Bertz CT molecular complexity index is 350. The Hall–Kier alpha value is -1.10. The topological polar surface area (TPSA) is 69.6 Å². The lowest BCUT2D eigenvalue weighted by Gasteiger charge is -2.38. The van der Waals surface area contributed by atoms with E-state index in [2.05, 4.69) is 17.1 Å². The van der Waals surface area contributed by atoms with E-state index >= 15 is 0 Å². The predicted molar refractivity (Wildman–Crippen MR) is 78.5 cm³/mol. The summed E-state index contributed by atoms with van der Waals surface area (Å²) in [6.07, 6.45) is 1.98. The summed E-state index contributed by atoms with van der Waals surface area (Å²) in [4.78, 5) is 25.3. The Morgan fingerprint density at radius 2 is 1.95 bits per heavy atom. The van der Waals surface area contributed by atoms with Gasteiger partial charge in [-0.05, 0) is 25.3 Å². The molecule has 0 aromatic heterocycles. The van der Waals surface area contributed by atoms with E-state index in [4.69, 9.17) is 5.11 Å². The fraction of sp³-hybridized carbons (Fsp3) is 0.867. The highest BCUT2D eigenvalue weighted by molar-refractivity contribution is 5.81. The fourth-order valence-corrected chi connectivity index (χ4v) is 2.70. The zero-order chi connectivity index (χ0) is 15.3. The van der Waals surface area contributed by atoms with E-state index in [9.17, 15) is 9.59 Å². The molecule has 1 rings (SSSR count). The van der Waals surface area contributed by atoms with Gasteiger partial charge >= 0.3 is 5.97 Å². The number of aliphatic carboxylic acids is 1. The molecule has 2 atom stereocenters. The Morgan fingerprint density at radius 1 is 1.30 bits per heavy atom. The Labute approximate surface area is 121 Å². The van der Waals surface area contributed by atoms with Gasteiger partial charge in [-0.25, -0.2) is 0 Å². The van der Waals surface area contributed by atoms with E-state index < -0.39 is 11.4 Å². The van der Waals surface area contributed by atoms with Gasteiger partial charge < -0.3 is 15.3 Å². The normalized spacial score (nSPS) is 24.4. The average molecular weight is 284 g/mol. The number of carboxylic acid groups (broad SMARTS) is 1. The van der Waals surface area contributed by atoms with Crippen LogP contribution in [0.2, 0.25) is 0 Å². The standard InChI is InChI=1S/C15H28N2O3/c1-5-6-17-9-11(8-13(18)19)7-12(10-17)16-14(20)15(2,3)4/h11-12H,5-10H2,1-4H3,(H,16,20)(H,18,19). The maximum Gasteiger partial charge on any atom is 0.303 e. The molecule has 2 N–H and O–H groups in total. The van der Waals surface area contributed by atoms with E-state index in [-0.39, 0.29) is 24.3 Å². The van der Waals surface area contributed by atoms with Crippen LogP contribution in [0.4, 0.5) is 0 Å². The van der Waals surface area contributed by atoms with Gasteiger partial charge in [-0.2, -0.15) is 0 Å². The lowest BCUT2D eigenvalue weighted by atomic mass is 9.89. The number of carbonyl (C=O) groups is 2. The highest BCUT2D eigenvalue weighted by Gasteiger charge is 2.31. The van der Waals surface area contributed by atoms with Crippen LogP contribution in [0.1, 0.15) is 47.0 Å². The smallest absolute Gasteiger partial charge is 0.303 e. The summed E-state index contributed by atoms with van der Waals surface area (Å²) >= 11 is 0. The van der Waals surface area contributed by atoms with Crippen molar-refractivity contribution in [2.75, 3.05) is 19.6 Å². The van der Waals surface area contributed by atoms with Crippen molar-refractivity contribution in [2.24, 2.45) is 11.3 Å². The van der Waals surface area contributed by atoms with Gasteiger partial charge in [0.2, 0.25) is 5.91 Å². The van der Waals surface area contributed by atoms with Crippen molar-refractivity contribution in [3.8, 4) is 0 Å². The van der Waals surface area contributed by atoms with Crippen LogP contribution in [-0.2, 0) is 9.59 Å². The van der Waals surface area contributed by atoms with E-state index in [1.807, 2.05) is 20.8 Å². The van der Waals surface area contributed by atoms with Crippen molar-refractivity contribution in [3.63, 3.8) is 0 Å². The number of carboxylic acids is 1. The van der Waals surface area contributed by atoms with Crippen molar-refractivity contribution in [2.45, 2.75) is 53.0 Å². The molecule has 1 saturated heterocycles. The Kier molecular flexibility index (Phi) is 5.99. The molecule has 0 bridgehead atoms. The first-order valence-corrected chi connectivity index (χ1v) is 7.47. The summed E-state index contributed by atoms with van der Waals surface area (Å²) in [5, 5.41) is 12.1. The second-order valence-corrected chi connectivity index (χ2v) is 6.88. The molecule has 1 fully saturated rings. The highest BCUT2D eigenvalue weighted by Crippen LogP contribution is 2.22. The molecule has 0 aromatic rings. The second kappa shape index (κ2) is 7.07. The molecule has 20 heavy (non-hydrogen) atoms. The van der Waals surface area contributed by atoms with E-state index in [0.29, 0.717) is 0 Å². The number of hydrogen-bond donors (Lipinski definition) is 2. The van der Waals surface area contributed by atoms with Crippen molar-refractivity contribution in [1.29, 1.82) is 0 Å². The van der Waals surface area contributed by atoms with Gasteiger partial charge in [0.05, 0.1) is 0 Å². The third kappa shape index (κ3) is 5.49. The summed E-state index contributed by atoms with van der Waals surface area (Å²) in [5.74, 6) is -0.595. The van der Waals surface area contributed by atoms with Gasteiger partial charge in [-0.15, -0.1) is 0 Å². The minimum atomic E-state index is -0.755. The summed E-state index contributed by atoms with van der Waals surface area (Å²) in [5.41, 5.74) is -0.407. The molecule has 5 nitrogen and oxygen atoms in total. The lowest BCUT2D eigenvalue weighted by Crippen LogP contribution is -2.53. The molecular formula is C15H28N2O3. The third-order valence-corrected chi connectivity index (χ3v) is 3.63. The molecule has 0 saturated carbocycles. The molecule has 116 valence electrons. The van der Waals surface area contributed by atoms with Crippen molar-refractivity contribution in [1.82, 2.24) is 10.2 Å². The molecule has 5 heteroatoms. The highest BCUT2D eigenvalue weighted by atomic mass is 16.4. The van der Waals surface area contributed by atoms with Crippen LogP contribution in [0.25, 0.3) is 0 Å². The molecule has 0 aromatic carbocycles. The maximum atomic E-state index is 12.1. The SMILES string of the molecule is CCCN1CC(CC(=O)O)CC(NC(=O)C(C)(C)C)C1. The number of likely N-dealkylation sites (tertiary alicyclic amines) is 1. The number of amides is 1. The molecule has 1 aliphatic rings. The quantitative estimate of drug-likeness (QED) is 0.806. The number of carbonyl (C=O) groups excluding carboxylic acids is 1. The molecule has 2 unspecified atom stereocenters. The minimum Gasteiger partial charge on any atom is -0.481 e. The van der Waals surface area contributed by atoms with Gasteiger partial charge in [0.25, 0.3) is 0 Å². The summed E-state index contributed by atoms with van der Waals surface area (Å²) in [6, 6.07) is 0.0615. The molecule has 0 radical (unpaired) electrons. The summed E-state index contributed by atoms with van der Waals surface area (Å²) < 4.78 is 0. The monoisotopic (exact) mass is 284 g/mol. The number of nitrogens with one attached hydrogen (secondary N) is 1. The van der Waals surface area contributed by atoms with E-state index in [1.165, 1.54) is 0 Å². The van der Waals surface area contributed by atoms with Gasteiger partial charge in [0.1, 0.15) is 0 Å². The molecule has 1 aliphatic heterocycles. The van der Waals surface area contributed by atoms with Crippen molar-refractivity contribution < 1.29 is 14.7 Å². The summed E-state index contributed by atoms with van der Waals surface area (Å²) in [6.45, 7) is 10.4. The van der Waals surface area contributed by atoms with Crippen molar-refractivity contribution >= 4 is 11.9 Å². The third-order valence-electron chi connectivity index (χ3n) is 3.63. The van der Waals surface area contributed by atoms with Crippen LogP contribution >= 0.6 is 0 Å². The van der Waals surface area contributed by atoms with Crippen molar-refractivity contribution in [3.05, 3.63) is 0 Å². The number of rotatable bonds is 5. The zero-order valence-electron chi connectivity index (χ0n) is 13.1. The Balaban J connectivity index is 2.64. The maximum absolute atomic E-state index is 12.1.